The maximum atomic E-state index is 5.65. The van der Waals surface area contributed by atoms with E-state index in [4.69, 9.17) is 4.74 Å². The van der Waals surface area contributed by atoms with Gasteiger partial charge in [0.25, 0.3) is 0 Å². The topological polar surface area (TPSA) is 12.5 Å². The molecule has 0 heterocycles. The van der Waals surface area contributed by atoms with E-state index >= 15 is 0 Å². The Kier molecular flexibility index (Phi) is 6.94. The van der Waals surface area contributed by atoms with E-state index < -0.39 is 0 Å². The van der Waals surface area contributed by atoms with Gasteiger partial charge in [-0.25, -0.2) is 0 Å². The summed E-state index contributed by atoms with van der Waals surface area (Å²) in [4.78, 5) is 2.39. The van der Waals surface area contributed by atoms with Crippen LogP contribution in [0.2, 0.25) is 0 Å². The van der Waals surface area contributed by atoms with E-state index in [1.165, 1.54) is 12.8 Å². The number of nitrogens with zero attached hydrogens (tertiary/aromatic N) is 1. The van der Waals surface area contributed by atoms with E-state index in [1.807, 2.05) is 0 Å². The van der Waals surface area contributed by atoms with Gasteiger partial charge in [0.05, 0.1) is 6.61 Å². The average Bonchev–Trinajstić information content (AvgIpc) is 3.04. The van der Waals surface area contributed by atoms with Crippen LogP contribution in [0.5, 0.6) is 0 Å². The summed E-state index contributed by atoms with van der Waals surface area (Å²) in [6, 6.07) is 0. The van der Waals surface area contributed by atoms with Crippen LogP contribution in [0.15, 0.2) is 0 Å². The fourth-order valence-corrected chi connectivity index (χ4v) is 2.64. The monoisotopic (exact) mass is 291 g/mol. The molecule has 16 heavy (non-hydrogen) atoms. The predicted octanol–water partition coefficient (Wildman–Crippen LogP) is 3.01. The molecule has 0 saturated heterocycles. The lowest BCUT2D eigenvalue weighted by molar-refractivity contribution is 0.0978. The molecule has 0 aromatic carbocycles. The number of hydrogen-bond donors (Lipinski definition) is 0. The second-order valence-corrected chi connectivity index (χ2v) is 6.09. The molecule has 0 bridgehead atoms. The third-order valence-corrected chi connectivity index (χ3v) is 4.19. The van der Waals surface area contributed by atoms with E-state index in [0.717, 1.165) is 49.4 Å². The van der Waals surface area contributed by atoms with Gasteiger partial charge in [0.15, 0.2) is 0 Å². The first kappa shape index (κ1) is 14.5. The van der Waals surface area contributed by atoms with Crippen LogP contribution in [0.25, 0.3) is 0 Å². The van der Waals surface area contributed by atoms with Gasteiger partial charge in [-0.2, -0.15) is 0 Å². The van der Waals surface area contributed by atoms with Gasteiger partial charge in [-0.1, -0.05) is 29.8 Å². The van der Waals surface area contributed by atoms with E-state index in [0.29, 0.717) is 0 Å². The van der Waals surface area contributed by atoms with Crippen LogP contribution < -0.4 is 0 Å². The Balaban J connectivity index is 2.01. The standard InChI is InChI=1S/C13H26BrNO/c1-11(2)13(8-14)9-15(3)6-7-16-10-12-4-5-12/h11-13H,4-10H2,1-3H3. The summed E-state index contributed by atoms with van der Waals surface area (Å²) < 4.78 is 5.65. The highest BCUT2D eigenvalue weighted by Gasteiger charge is 2.21. The first-order valence-corrected chi connectivity index (χ1v) is 7.58. The zero-order valence-corrected chi connectivity index (χ0v) is 12.5. The minimum absolute atomic E-state index is 0.744. The smallest absolute Gasteiger partial charge is 0.0593 e. The molecule has 0 aromatic heterocycles. The molecule has 0 aliphatic heterocycles. The fraction of sp³-hybridized carbons (Fsp3) is 1.00. The molecule has 0 aromatic rings. The van der Waals surface area contributed by atoms with Crippen molar-refractivity contribution in [2.24, 2.45) is 17.8 Å². The average molecular weight is 292 g/mol. The van der Waals surface area contributed by atoms with Gasteiger partial charge in [0.1, 0.15) is 0 Å². The second kappa shape index (κ2) is 7.67. The first-order valence-electron chi connectivity index (χ1n) is 6.45. The van der Waals surface area contributed by atoms with Crippen molar-refractivity contribution in [3.63, 3.8) is 0 Å². The Hall–Kier alpha value is 0.400. The van der Waals surface area contributed by atoms with Gasteiger partial charge in [-0.05, 0) is 37.6 Å². The summed E-state index contributed by atoms with van der Waals surface area (Å²) >= 11 is 3.60. The van der Waals surface area contributed by atoms with Crippen molar-refractivity contribution < 1.29 is 4.74 Å². The number of likely N-dealkylation sites (N-methyl/N-ethyl adjacent to an activating group) is 1. The normalized spacial score (nSPS) is 18.4. The van der Waals surface area contributed by atoms with Crippen molar-refractivity contribution in [2.75, 3.05) is 38.7 Å². The molecule has 1 unspecified atom stereocenters. The molecule has 1 rings (SSSR count). The Bertz CT molecular complexity index is 183. The lowest BCUT2D eigenvalue weighted by atomic mass is 9.98. The molecule has 0 spiro atoms. The Labute approximate surface area is 109 Å². The van der Waals surface area contributed by atoms with Crippen LogP contribution in [-0.2, 0) is 4.74 Å². The maximum Gasteiger partial charge on any atom is 0.0593 e. The number of rotatable bonds is 9. The Morgan fingerprint density at radius 3 is 2.56 bits per heavy atom. The van der Waals surface area contributed by atoms with Crippen molar-refractivity contribution >= 4 is 15.9 Å². The summed E-state index contributed by atoms with van der Waals surface area (Å²) in [5.41, 5.74) is 0. The van der Waals surface area contributed by atoms with Gasteiger partial charge < -0.3 is 9.64 Å². The summed E-state index contributed by atoms with van der Waals surface area (Å²) in [5.74, 6) is 2.37. The van der Waals surface area contributed by atoms with Crippen LogP contribution in [-0.4, -0.2) is 43.6 Å². The molecule has 96 valence electrons. The van der Waals surface area contributed by atoms with Crippen LogP contribution >= 0.6 is 15.9 Å². The number of hydrogen-bond acceptors (Lipinski definition) is 2. The van der Waals surface area contributed by atoms with Crippen molar-refractivity contribution in [2.45, 2.75) is 26.7 Å². The minimum Gasteiger partial charge on any atom is -0.380 e. The lowest BCUT2D eigenvalue weighted by Crippen LogP contribution is -2.32. The highest BCUT2D eigenvalue weighted by Crippen LogP contribution is 2.28. The first-order chi connectivity index (χ1) is 7.63. The van der Waals surface area contributed by atoms with Crippen LogP contribution in [0, 0.1) is 17.8 Å². The van der Waals surface area contributed by atoms with Crippen LogP contribution in [0.1, 0.15) is 26.7 Å². The number of ether oxygens (including phenoxy) is 1. The van der Waals surface area contributed by atoms with Crippen molar-refractivity contribution in [3.8, 4) is 0 Å². The third kappa shape index (κ3) is 6.21. The van der Waals surface area contributed by atoms with Gasteiger partial charge in [-0.15, -0.1) is 0 Å². The summed E-state index contributed by atoms with van der Waals surface area (Å²) in [7, 11) is 2.19. The van der Waals surface area contributed by atoms with Gasteiger partial charge in [0, 0.05) is 25.0 Å². The highest BCUT2D eigenvalue weighted by molar-refractivity contribution is 9.09. The minimum atomic E-state index is 0.744. The molecule has 0 N–H and O–H groups in total. The van der Waals surface area contributed by atoms with Crippen molar-refractivity contribution in [1.82, 2.24) is 4.90 Å². The highest BCUT2D eigenvalue weighted by atomic mass is 79.9. The molecule has 2 nitrogen and oxygen atoms in total. The Morgan fingerprint density at radius 1 is 1.38 bits per heavy atom. The molecular weight excluding hydrogens is 266 g/mol. The van der Waals surface area contributed by atoms with Crippen LogP contribution in [0.4, 0.5) is 0 Å². The lowest BCUT2D eigenvalue weighted by Gasteiger charge is -2.25. The van der Waals surface area contributed by atoms with E-state index in [9.17, 15) is 0 Å². The largest absolute Gasteiger partial charge is 0.380 e. The third-order valence-electron chi connectivity index (χ3n) is 3.36. The molecule has 0 radical (unpaired) electrons. The van der Waals surface area contributed by atoms with Gasteiger partial charge >= 0.3 is 0 Å². The molecule has 3 heteroatoms. The van der Waals surface area contributed by atoms with Crippen LogP contribution in [0.3, 0.4) is 0 Å². The van der Waals surface area contributed by atoms with Crippen molar-refractivity contribution in [1.29, 1.82) is 0 Å². The molecule has 1 aliphatic rings. The SMILES string of the molecule is CC(C)C(CBr)CN(C)CCOCC1CC1. The van der Waals surface area contributed by atoms with E-state index in [2.05, 4.69) is 41.7 Å². The molecule has 1 saturated carbocycles. The maximum absolute atomic E-state index is 5.65. The fourth-order valence-electron chi connectivity index (χ4n) is 1.68. The summed E-state index contributed by atoms with van der Waals surface area (Å²) in [6.07, 6.45) is 2.77. The summed E-state index contributed by atoms with van der Waals surface area (Å²) in [6.45, 7) is 8.69. The predicted molar refractivity (Wildman–Crippen MR) is 73.2 cm³/mol. The molecule has 1 fully saturated rings. The molecular formula is C13H26BrNO. The van der Waals surface area contributed by atoms with Gasteiger partial charge in [0.2, 0.25) is 0 Å². The Morgan fingerprint density at radius 2 is 2.06 bits per heavy atom. The zero-order chi connectivity index (χ0) is 12.0. The van der Waals surface area contributed by atoms with E-state index in [-0.39, 0.29) is 0 Å². The molecule has 1 atom stereocenters. The number of alkyl halides is 1. The van der Waals surface area contributed by atoms with Crippen molar-refractivity contribution in [3.05, 3.63) is 0 Å². The molecule has 1 aliphatic carbocycles. The second-order valence-electron chi connectivity index (χ2n) is 5.44. The van der Waals surface area contributed by atoms with Gasteiger partial charge in [-0.3, -0.25) is 0 Å². The zero-order valence-electron chi connectivity index (χ0n) is 10.9. The summed E-state index contributed by atoms with van der Waals surface area (Å²) in [5, 5.41) is 1.10. The number of halogens is 1. The molecule has 0 amide bonds. The quantitative estimate of drug-likeness (QED) is 0.478. The van der Waals surface area contributed by atoms with E-state index in [1.54, 1.807) is 0 Å².